The van der Waals surface area contributed by atoms with Gasteiger partial charge in [-0.2, -0.15) is 0 Å². The molecule has 1 aliphatic rings. The Morgan fingerprint density at radius 2 is 2.00 bits per heavy atom. The predicted octanol–water partition coefficient (Wildman–Crippen LogP) is 3.19. The number of fused-ring (bicyclic) bond motifs is 3. The molecular formula is C19H24N2O3. The first kappa shape index (κ1) is 16.6. The van der Waals surface area contributed by atoms with Crippen molar-refractivity contribution in [3.63, 3.8) is 0 Å². The number of carbonyl (C=O) groups is 2. The van der Waals surface area contributed by atoms with Gasteiger partial charge in [0.2, 0.25) is 5.91 Å². The van der Waals surface area contributed by atoms with Gasteiger partial charge in [-0.1, -0.05) is 38.0 Å². The molecule has 0 saturated heterocycles. The third kappa shape index (κ3) is 3.16. The third-order valence-corrected chi connectivity index (χ3v) is 4.80. The standard InChI is InChI=1S/C19H24N2O3/c1-2-3-4-9-18(22)20-11-10-17-15(12-20)14-7-5-6-8-16(14)21(17)13-19(23)24/h5-8H,2-4,9-13H2,1H3,(H,23,24). The molecule has 1 aromatic carbocycles. The molecule has 2 heterocycles. The number of benzene rings is 1. The summed E-state index contributed by atoms with van der Waals surface area (Å²) < 4.78 is 1.89. The van der Waals surface area contributed by atoms with Crippen molar-refractivity contribution in [2.75, 3.05) is 6.54 Å². The molecule has 0 spiro atoms. The average molecular weight is 328 g/mol. The minimum atomic E-state index is -0.836. The van der Waals surface area contributed by atoms with Crippen LogP contribution < -0.4 is 0 Å². The van der Waals surface area contributed by atoms with E-state index in [0.29, 0.717) is 19.5 Å². The number of unbranched alkanes of at least 4 members (excludes halogenated alkanes) is 2. The number of nitrogens with zero attached hydrogens (tertiary/aromatic N) is 2. The van der Waals surface area contributed by atoms with E-state index >= 15 is 0 Å². The van der Waals surface area contributed by atoms with E-state index in [2.05, 4.69) is 6.92 Å². The molecule has 0 bridgehead atoms. The summed E-state index contributed by atoms with van der Waals surface area (Å²) >= 11 is 0. The third-order valence-electron chi connectivity index (χ3n) is 4.80. The van der Waals surface area contributed by atoms with Gasteiger partial charge in [-0.05, 0) is 12.5 Å². The molecule has 0 saturated carbocycles. The van der Waals surface area contributed by atoms with Crippen molar-refractivity contribution >= 4 is 22.8 Å². The zero-order chi connectivity index (χ0) is 17.1. The van der Waals surface area contributed by atoms with Crippen molar-refractivity contribution in [2.24, 2.45) is 0 Å². The van der Waals surface area contributed by atoms with Gasteiger partial charge in [-0.3, -0.25) is 9.59 Å². The van der Waals surface area contributed by atoms with Crippen LogP contribution in [-0.4, -0.2) is 33.0 Å². The summed E-state index contributed by atoms with van der Waals surface area (Å²) in [4.78, 5) is 25.6. The van der Waals surface area contributed by atoms with E-state index < -0.39 is 5.97 Å². The van der Waals surface area contributed by atoms with Gasteiger partial charge < -0.3 is 14.6 Å². The second kappa shape index (κ2) is 7.07. The first-order chi connectivity index (χ1) is 11.6. The Labute approximate surface area is 141 Å². The summed E-state index contributed by atoms with van der Waals surface area (Å²) in [6.45, 7) is 3.37. The minimum absolute atomic E-state index is 0.0275. The maximum atomic E-state index is 12.4. The first-order valence-electron chi connectivity index (χ1n) is 8.70. The lowest BCUT2D eigenvalue weighted by atomic mass is 10.0. The Hall–Kier alpha value is -2.30. The van der Waals surface area contributed by atoms with Crippen molar-refractivity contribution in [3.05, 3.63) is 35.5 Å². The summed E-state index contributed by atoms with van der Waals surface area (Å²) in [6, 6.07) is 7.89. The summed E-state index contributed by atoms with van der Waals surface area (Å²) in [5.74, 6) is -0.624. The van der Waals surface area contributed by atoms with Crippen LogP contribution in [0.4, 0.5) is 0 Å². The fourth-order valence-electron chi connectivity index (χ4n) is 3.61. The number of aromatic nitrogens is 1. The molecule has 0 fully saturated rings. The minimum Gasteiger partial charge on any atom is -0.480 e. The monoisotopic (exact) mass is 328 g/mol. The van der Waals surface area contributed by atoms with E-state index in [1.165, 1.54) is 0 Å². The fourth-order valence-corrected chi connectivity index (χ4v) is 3.61. The highest BCUT2D eigenvalue weighted by Gasteiger charge is 2.26. The topological polar surface area (TPSA) is 62.5 Å². The normalized spacial score (nSPS) is 14.0. The van der Waals surface area contributed by atoms with Crippen molar-refractivity contribution in [1.82, 2.24) is 9.47 Å². The Bertz CT molecular complexity index is 763. The number of hydrogen-bond acceptors (Lipinski definition) is 2. The van der Waals surface area contributed by atoms with E-state index in [9.17, 15) is 14.7 Å². The second-order valence-corrected chi connectivity index (χ2v) is 6.44. The molecule has 0 unspecified atom stereocenters. The van der Waals surface area contributed by atoms with Gasteiger partial charge in [-0.15, -0.1) is 0 Å². The van der Waals surface area contributed by atoms with Gasteiger partial charge in [0.15, 0.2) is 0 Å². The van der Waals surface area contributed by atoms with Crippen LogP contribution in [0.3, 0.4) is 0 Å². The lowest BCUT2D eigenvalue weighted by Crippen LogP contribution is -2.36. The van der Waals surface area contributed by atoms with Gasteiger partial charge in [0.1, 0.15) is 6.54 Å². The average Bonchev–Trinajstić information content (AvgIpc) is 2.88. The summed E-state index contributed by atoms with van der Waals surface area (Å²) in [7, 11) is 0. The number of hydrogen-bond donors (Lipinski definition) is 1. The molecule has 1 amide bonds. The number of para-hydroxylation sites is 1. The number of carboxylic acids is 1. The first-order valence-corrected chi connectivity index (χ1v) is 8.70. The van der Waals surface area contributed by atoms with Gasteiger partial charge in [0.25, 0.3) is 0 Å². The highest BCUT2D eigenvalue weighted by atomic mass is 16.4. The number of amides is 1. The van der Waals surface area contributed by atoms with Crippen LogP contribution in [0, 0.1) is 0 Å². The fraction of sp³-hybridized carbons (Fsp3) is 0.474. The molecule has 0 radical (unpaired) electrons. The van der Waals surface area contributed by atoms with Crippen molar-refractivity contribution in [3.8, 4) is 0 Å². The van der Waals surface area contributed by atoms with Crippen LogP contribution in [0.15, 0.2) is 24.3 Å². The van der Waals surface area contributed by atoms with Crippen molar-refractivity contribution in [1.29, 1.82) is 0 Å². The summed E-state index contributed by atoms with van der Waals surface area (Å²) in [6.07, 6.45) is 4.47. The van der Waals surface area contributed by atoms with Crippen LogP contribution in [0.1, 0.15) is 43.9 Å². The zero-order valence-corrected chi connectivity index (χ0v) is 14.1. The number of rotatable bonds is 6. The van der Waals surface area contributed by atoms with E-state index in [1.807, 2.05) is 33.7 Å². The van der Waals surface area contributed by atoms with Crippen LogP contribution in [0.5, 0.6) is 0 Å². The molecule has 1 aromatic heterocycles. The number of carbonyl (C=O) groups excluding carboxylic acids is 1. The highest BCUT2D eigenvalue weighted by Crippen LogP contribution is 2.31. The summed E-state index contributed by atoms with van der Waals surface area (Å²) in [5.41, 5.74) is 3.13. The molecule has 1 aliphatic heterocycles. The van der Waals surface area contributed by atoms with Gasteiger partial charge in [0, 0.05) is 48.1 Å². The van der Waals surface area contributed by atoms with Crippen LogP contribution >= 0.6 is 0 Å². The van der Waals surface area contributed by atoms with Gasteiger partial charge in [0.05, 0.1) is 0 Å². The zero-order valence-electron chi connectivity index (χ0n) is 14.1. The Kier molecular flexibility index (Phi) is 4.88. The van der Waals surface area contributed by atoms with Crippen molar-refractivity contribution < 1.29 is 14.7 Å². The SMILES string of the molecule is CCCCCC(=O)N1CCc2c(c3ccccc3n2CC(=O)O)C1. The van der Waals surface area contributed by atoms with Gasteiger partial charge in [-0.25, -0.2) is 0 Å². The maximum absolute atomic E-state index is 12.4. The molecule has 2 aromatic rings. The molecule has 5 nitrogen and oxygen atoms in total. The predicted molar refractivity (Wildman–Crippen MR) is 92.8 cm³/mol. The largest absolute Gasteiger partial charge is 0.480 e. The van der Waals surface area contributed by atoms with Crippen molar-refractivity contribution in [2.45, 2.75) is 52.1 Å². The Morgan fingerprint density at radius 3 is 2.75 bits per heavy atom. The molecule has 128 valence electrons. The highest BCUT2D eigenvalue weighted by molar-refractivity contribution is 5.88. The second-order valence-electron chi connectivity index (χ2n) is 6.44. The van der Waals surface area contributed by atoms with Crippen LogP contribution in [0.25, 0.3) is 10.9 Å². The van der Waals surface area contributed by atoms with Gasteiger partial charge >= 0.3 is 5.97 Å². The van der Waals surface area contributed by atoms with E-state index in [1.54, 1.807) is 0 Å². The number of carboxylic acid groups (broad SMARTS) is 1. The molecular weight excluding hydrogens is 304 g/mol. The Balaban J connectivity index is 1.88. The van der Waals surface area contributed by atoms with Crippen LogP contribution in [0.2, 0.25) is 0 Å². The van der Waals surface area contributed by atoms with E-state index in [-0.39, 0.29) is 12.5 Å². The lowest BCUT2D eigenvalue weighted by molar-refractivity contribution is -0.137. The molecule has 24 heavy (non-hydrogen) atoms. The molecule has 0 atom stereocenters. The van der Waals surface area contributed by atoms with Crippen LogP contribution in [-0.2, 0) is 29.1 Å². The Morgan fingerprint density at radius 1 is 1.21 bits per heavy atom. The lowest BCUT2D eigenvalue weighted by Gasteiger charge is -2.28. The molecule has 3 rings (SSSR count). The maximum Gasteiger partial charge on any atom is 0.323 e. The van der Waals surface area contributed by atoms with E-state index in [0.717, 1.165) is 47.8 Å². The quantitative estimate of drug-likeness (QED) is 0.828. The molecule has 0 aliphatic carbocycles. The summed E-state index contributed by atoms with van der Waals surface area (Å²) in [5, 5.41) is 10.3. The molecule has 5 heteroatoms. The van der Waals surface area contributed by atoms with E-state index in [4.69, 9.17) is 0 Å². The smallest absolute Gasteiger partial charge is 0.323 e. The number of aliphatic carboxylic acids is 1. The molecule has 1 N–H and O–H groups in total.